The van der Waals surface area contributed by atoms with E-state index in [4.69, 9.17) is 14.9 Å². The van der Waals surface area contributed by atoms with Crippen molar-refractivity contribution in [1.82, 2.24) is 4.98 Å². The highest BCUT2D eigenvalue weighted by Crippen LogP contribution is 2.29. The molecule has 0 atom stereocenters. The van der Waals surface area contributed by atoms with Crippen molar-refractivity contribution in [2.75, 3.05) is 19.0 Å². The van der Waals surface area contributed by atoms with Crippen LogP contribution in [-0.2, 0) is 14.3 Å². The number of benzene rings is 1. The number of esters is 1. The van der Waals surface area contributed by atoms with E-state index < -0.39 is 5.97 Å². The van der Waals surface area contributed by atoms with E-state index >= 15 is 0 Å². The monoisotopic (exact) mass is 355 g/mol. The number of rotatable bonds is 7. The van der Waals surface area contributed by atoms with Crippen molar-refractivity contribution in [3.8, 4) is 17.0 Å². The highest BCUT2D eigenvalue weighted by Gasteiger charge is 2.17. The van der Waals surface area contributed by atoms with Crippen molar-refractivity contribution in [2.45, 2.75) is 13.8 Å². The fourth-order valence-corrected chi connectivity index (χ4v) is 2.28. The highest BCUT2D eigenvalue weighted by molar-refractivity contribution is 6.09. The number of pyridine rings is 1. The van der Waals surface area contributed by atoms with Gasteiger partial charge in [-0.25, -0.2) is 9.78 Å². The predicted octanol–water partition coefficient (Wildman–Crippen LogP) is 3.25. The molecule has 0 amide bonds. The number of carbonyl (C=O) groups excluding carboxylic acids is 1. The minimum atomic E-state index is -0.667. The third-order valence-corrected chi connectivity index (χ3v) is 3.51. The summed E-state index contributed by atoms with van der Waals surface area (Å²) in [5.74, 6) is -0.103. The summed E-state index contributed by atoms with van der Waals surface area (Å²) in [6.45, 7) is 3.79. The van der Waals surface area contributed by atoms with Gasteiger partial charge in [0.15, 0.2) is 0 Å². The molecular weight excluding hydrogens is 334 g/mol. The molecule has 26 heavy (non-hydrogen) atoms. The smallest absolute Gasteiger partial charge is 0.345 e. The largest absolute Gasteiger partial charge is 0.507 e. The fourth-order valence-electron chi connectivity index (χ4n) is 2.28. The molecule has 7 nitrogen and oxygen atoms in total. The molecule has 2 rings (SSSR count). The molecule has 0 saturated heterocycles. The number of phenols is 1. The Labute approximate surface area is 151 Å². The van der Waals surface area contributed by atoms with Gasteiger partial charge in [-0.15, -0.1) is 0 Å². The van der Waals surface area contributed by atoms with Gasteiger partial charge in [0.25, 0.3) is 0 Å². The molecule has 0 aliphatic carbocycles. The van der Waals surface area contributed by atoms with Crippen LogP contribution in [0.4, 0.5) is 5.82 Å². The van der Waals surface area contributed by atoms with E-state index in [1.54, 1.807) is 31.2 Å². The fraction of sp³-hybridized carbons (Fsp3) is 0.211. The maximum Gasteiger partial charge on any atom is 0.345 e. The van der Waals surface area contributed by atoms with Gasteiger partial charge in [0, 0.05) is 11.8 Å². The highest BCUT2D eigenvalue weighted by atomic mass is 16.5. The van der Waals surface area contributed by atoms with Crippen LogP contribution >= 0.6 is 0 Å². The number of aromatic nitrogens is 1. The third kappa shape index (κ3) is 4.38. The lowest BCUT2D eigenvalue weighted by atomic mass is 10.1. The summed E-state index contributed by atoms with van der Waals surface area (Å²) in [5.41, 5.74) is 2.08. The van der Waals surface area contributed by atoms with Crippen LogP contribution in [0.25, 0.3) is 11.3 Å². The lowest BCUT2D eigenvalue weighted by Crippen LogP contribution is -2.16. The average Bonchev–Trinajstić information content (AvgIpc) is 2.64. The van der Waals surface area contributed by atoms with E-state index in [0.29, 0.717) is 17.1 Å². The second kappa shape index (κ2) is 8.66. The minimum absolute atomic E-state index is 0.0524. The van der Waals surface area contributed by atoms with Crippen molar-refractivity contribution >= 4 is 18.0 Å². The number of anilines is 1. The normalized spacial score (nSPS) is 11.3. The van der Waals surface area contributed by atoms with Crippen molar-refractivity contribution in [2.24, 2.45) is 0 Å². The zero-order valence-corrected chi connectivity index (χ0v) is 14.9. The third-order valence-electron chi connectivity index (χ3n) is 3.51. The molecule has 0 aliphatic heterocycles. The predicted molar refractivity (Wildman–Crippen MR) is 99.1 cm³/mol. The molecule has 136 valence electrons. The molecule has 0 radical (unpaired) electrons. The number of hydrogen-bond acceptors (Lipinski definition) is 7. The van der Waals surface area contributed by atoms with Gasteiger partial charge in [-0.05, 0) is 38.1 Å². The summed E-state index contributed by atoms with van der Waals surface area (Å²) in [5, 5.41) is 20.4. The van der Waals surface area contributed by atoms with Crippen molar-refractivity contribution in [3.63, 3.8) is 0 Å². The first-order chi connectivity index (χ1) is 12.5. The number of nitrogens with one attached hydrogen (secondary N) is 2. The molecule has 0 unspecified atom stereocenters. The minimum Gasteiger partial charge on any atom is -0.507 e. The average molecular weight is 355 g/mol. The Balaban J connectivity index is 2.39. The Hall–Kier alpha value is -3.35. The van der Waals surface area contributed by atoms with E-state index in [1.807, 2.05) is 19.1 Å². The van der Waals surface area contributed by atoms with Crippen molar-refractivity contribution in [3.05, 3.63) is 53.4 Å². The van der Waals surface area contributed by atoms with E-state index in [9.17, 15) is 9.90 Å². The van der Waals surface area contributed by atoms with Crippen LogP contribution in [-0.4, -0.2) is 36.0 Å². The first-order valence-electron chi connectivity index (χ1n) is 8.00. The summed E-state index contributed by atoms with van der Waals surface area (Å²) in [4.78, 5) is 16.4. The molecule has 1 aromatic heterocycles. The molecule has 0 spiro atoms. The van der Waals surface area contributed by atoms with E-state index in [1.165, 1.54) is 7.11 Å². The molecule has 0 fully saturated rings. The second-order valence-electron chi connectivity index (χ2n) is 5.37. The Bertz CT molecular complexity index is 846. The van der Waals surface area contributed by atoms with Crippen LogP contribution in [0.2, 0.25) is 0 Å². The maximum absolute atomic E-state index is 11.9. The molecule has 1 heterocycles. The lowest BCUT2D eigenvalue weighted by molar-refractivity contribution is -0.138. The van der Waals surface area contributed by atoms with Gasteiger partial charge in [-0.3, -0.25) is 0 Å². The van der Waals surface area contributed by atoms with Crippen LogP contribution in [0, 0.1) is 12.3 Å². The van der Waals surface area contributed by atoms with Gasteiger partial charge in [0.05, 0.1) is 19.4 Å². The summed E-state index contributed by atoms with van der Waals surface area (Å²) in [7, 11) is 1.38. The molecule has 0 aliphatic rings. The molecule has 0 saturated carbocycles. The van der Waals surface area contributed by atoms with Crippen molar-refractivity contribution < 1.29 is 19.4 Å². The Morgan fingerprint density at radius 2 is 2.12 bits per heavy atom. The number of hydrogen-bond donors (Lipinski definition) is 3. The summed E-state index contributed by atoms with van der Waals surface area (Å²) in [6, 6.07) is 10.5. The van der Waals surface area contributed by atoms with Crippen LogP contribution in [0.15, 0.2) is 47.9 Å². The van der Waals surface area contributed by atoms with Gasteiger partial charge < -0.3 is 25.3 Å². The first kappa shape index (κ1) is 19.0. The number of carbonyl (C=O) groups is 1. The van der Waals surface area contributed by atoms with Crippen LogP contribution in [0.3, 0.4) is 0 Å². The standard InChI is InChI=1S/C19H21N3O4/c1-4-26-19(24)14(11-20)18(25-3)22-17-7-5-6-15(21-17)13-10-12(2)8-9-16(13)23/h5-11,20,23H,4H2,1-3H3,(H,21,22)/b18-14-,20-11?. The molecule has 7 heteroatoms. The number of aromatic hydroxyl groups is 1. The van der Waals surface area contributed by atoms with Crippen LogP contribution in [0.1, 0.15) is 12.5 Å². The van der Waals surface area contributed by atoms with Gasteiger partial charge in [-0.2, -0.15) is 0 Å². The summed E-state index contributed by atoms with van der Waals surface area (Å²) < 4.78 is 10.1. The van der Waals surface area contributed by atoms with Gasteiger partial charge in [-0.1, -0.05) is 17.7 Å². The number of phenolic OH excluding ortho intramolecular Hbond substituents is 1. The Kier molecular flexibility index (Phi) is 6.32. The molecular formula is C19H21N3O4. The zero-order chi connectivity index (χ0) is 19.1. The lowest BCUT2D eigenvalue weighted by Gasteiger charge is -2.13. The van der Waals surface area contributed by atoms with Gasteiger partial charge in [0.2, 0.25) is 5.88 Å². The Morgan fingerprint density at radius 1 is 1.35 bits per heavy atom. The maximum atomic E-state index is 11.9. The molecule has 0 bridgehead atoms. The van der Waals surface area contributed by atoms with E-state index in [2.05, 4.69) is 10.3 Å². The number of ether oxygens (including phenoxy) is 2. The number of aryl methyl sites for hydroxylation is 1. The Morgan fingerprint density at radius 3 is 2.77 bits per heavy atom. The van der Waals surface area contributed by atoms with E-state index in [0.717, 1.165) is 11.8 Å². The topological polar surface area (TPSA) is 105 Å². The molecule has 2 aromatic rings. The van der Waals surface area contributed by atoms with Gasteiger partial charge >= 0.3 is 5.97 Å². The zero-order valence-electron chi connectivity index (χ0n) is 14.9. The number of methoxy groups -OCH3 is 1. The second-order valence-corrected chi connectivity index (χ2v) is 5.37. The van der Waals surface area contributed by atoms with Crippen LogP contribution < -0.4 is 5.32 Å². The summed E-state index contributed by atoms with van der Waals surface area (Å²) >= 11 is 0. The quantitative estimate of drug-likeness (QED) is 0.305. The summed E-state index contributed by atoms with van der Waals surface area (Å²) in [6.07, 6.45) is 0.861. The SMILES string of the molecule is CCOC(=O)/C(C=N)=C(/Nc1cccc(-c2cc(C)ccc2O)n1)OC. The van der Waals surface area contributed by atoms with Gasteiger partial charge in [0.1, 0.15) is 17.1 Å². The first-order valence-corrected chi connectivity index (χ1v) is 8.00. The van der Waals surface area contributed by atoms with Crippen molar-refractivity contribution in [1.29, 1.82) is 5.41 Å². The molecule has 3 N–H and O–H groups in total. The molecule has 1 aromatic carbocycles. The van der Waals surface area contributed by atoms with E-state index in [-0.39, 0.29) is 23.8 Å². The van der Waals surface area contributed by atoms with Crippen LogP contribution in [0.5, 0.6) is 5.75 Å². The number of nitrogens with zero attached hydrogens (tertiary/aromatic N) is 1.